The predicted octanol–water partition coefficient (Wildman–Crippen LogP) is 0.0886. The third kappa shape index (κ3) is 2.88. The second-order valence-electron chi connectivity index (χ2n) is 5.36. The Bertz CT molecular complexity index is 556. The van der Waals surface area contributed by atoms with Gasteiger partial charge in [0, 0.05) is 25.4 Å². The van der Waals surface area contributed by atoms with Gasteiger partial charge in [-0.05, 0) is 13.3 Å². The number of imide groups is 1. The van der Waals surface area contributed by atoms with E-state index in [4.69, 9.17) is 0 Å². The molecule has 1 aliphatic heterocycles. The van der Waals surface area contributed by atoms with Crippen LogP contribution in [0.4, 0.5) is 4.79 Å². The Hall–Kier alpha value is -2.38. The molecule has 1 saturated heterocycles. The van der Waals surface area contributed by atoms with Crippen molar-refractivity contribution in [1.29, 1.82) is 0 Å². The van der Waals surface area contributed by atoms with Gasteiger partial charge in [-0.2, -0.15) is 5.10 Å². The molecular formula is C13H19N5O3. The molecule has 0 radical (unpaired) electrons. The first kappa shape index (κ1) is 15.0. The molecule has 114 valence electrons. The maximum atomic E-state index is 12.2. The fourth-order valence-corrected chi connectivity index (χ4v) is 2.11. The van der Waals surface area contributed by atoms with Crippen LogP contribution in [0.2, 0.25) is 0 Å². The van der Waals surface area contributed by atoms with Crippen LogP contribution in [0.3, 0.4) is 0 Å². The molecule has 0 bridgehead atoms. The molecule has 0 aliphatic carbocycles. The van der Waals surface area contributed by atoms with Crippen molar-refractivity contribution in [1.82, 2.24) is 25.3 Å². The van der Waals surface area contributed by atoms with E-state index in [0.29, 0.717) is 13.0 Å². The van der Waals surface area contributed by atoms with Crippen molar-refractivity contribution < 1.29 is 14.4 Å². The molecule has 4 amide bonds. The van der Waals surface area contributed by atoms with E-state index < -0.39 is 11.6 Å². The summed E-state index contributed by atoms with van der Waals surface area (Å²) in [5, 5.41) is 9.08. The van der Waals surface area contributed by atoms with Gasteiger partial charge in [0.2, 0.25) is 5.91 Å². The van der Waals surface area contributed by atoms with Crippen LogP contribution in [0.5, 0.6) is 0 Å². The Labute approximate surface area is 122 Å². The van der Waals surface area contributed by atoms with Gasteiger partial charge in [-0.3, -0.25) is 19.6 Å². The lowest BCUT2D eigenvalue weighted by atomic mass is 9.99. The smallest absolute Gasteiger partial charge is 0.325 e. The minimum atomic E-state index is -0.916. The average Bonchev–Trinajstić information content (AvgIpc) is 3.02. The van der Waals surface area contributed by atoms with Crippen LogP contribution in [0.1, 0.15) is 25.8 Å². The minimum absolute atomic E-state index is 0.255. The summed E-state index contributed by atoms with van der Waals surface area (Å²) in [4.78, 5) is 38.6. The fourth-order valence-electron chi connectivity index (χ4n) is 2.11. The number of aromatic amines is 1. The van der Waals surface area contributed by atoms with Crippen LogP contribution in [0.15, 0.2) is 12.4 Å². The first-order valence-corrected chi connectivity index (χ1v) is 6.73. The molecule has 8 heteroatoms. The number of urea groups is 1. The summed E-state index contributed by atoms with van der Waals surface area (Å²) in [7, 11) is 1.62. The van der Waals surface area contributed by atoms with Crippen LogP contribution in [-0.2, 0) is 16.1 Å². The average molecular weight is 293 g/mol. The number of hydrogen-bond donors (Lipinski definition) is 2. The Kier molecular flexibility index (Phi) is 3.97. The van der Waals surface area contributed by atoms with Crippen LogP contribution in [-0.4, -0.2) is 57.0 Å². The van der Waals surface area contributed by atoms with Gasteiger partial charge in [-0.1, -0.05) is 6.92 Å². The highest BCUT2D eigenvalue weighted by Crippen LogP contribution is 2.20. The van der Waals surface area contributed by atoms with E-state index in [1.165, 1.54) is 4.90 Å². The molecular weight excluding hydrogens is 274 g/mol. The number of rotatable bonds is 5. The highest BCUT2D eigenvalue weighted by Gasteiger charge is 2.47. The molecule has 1 aromatic heterocycles. The largest absolute Gasteiger partial charge is 0.340 e. The molecule has 21 heavy (non-hydrogen) atoms. The molecule has 0 aromatic carbocycles. The molecule has 0 saturated carbocycles. The van der Waals surface area contributed by atoms with Gasteiger partial charge in [0.25, 0.3) is 5.91 Å². The number of carbonyl (C=O) groups is 3. The van der Waals surface area contributed by atoms with E-state index in [1.54, 1.807) is 26.4 Å². The van der Waals surface area contributed by atoms with Crippen LogP contribution in [0, 0.1) is 0 Å². The number of amides is 4. The van der Waals surface area contributed by atoms with E-state index in [0.717, 1.165) is 10.5 Å². The van der Waals surface area contributed by atoms with Crippen molar-refractivity contribution in [3.63, 3.8) is 0 Å². The van der Waals surface area contributed by atoms with Crippen LogP contribution >= 0.6 is 0 Å². The zero-order valence-corrected chi connectivity index (χ0v) is 12.3. The summed E-state index contributed by atoms with van der Waals surface area (Å²) in [5.74, 6) is -0.667. The SMILES string of the molecule is CCC1(C)NC(=O)N(CC(=O)N(C)Cc2cn[nH]c2)C1=O. The molecule has 1 atom stereocenters. The van der Waals surface area contributed by atoms with Gasteiger partial charge in [0.15, 0.2) is 0 Å². The van der Waals surface area contributed by atoms with Crippen molar-refractivity contribution in [3.05, 3.63) is 18.0 Å². The number of H-pyrrole nitrogens is 1. The van der Waals surface area contributed by atoms with Crippen LogP contribution in [0.25, 0.3) is 0 Å². The zero-order valence-electron chi connectivity index (χ0n) is 12.3. The van der Waals surface area contributed by atoms with Gasteiger partial charge in [-0.25, -0.2) is 4.79 Å². The van der Waals surface area contributed by atoms with Crippen molar-refractivity contribution in [2.45, 2.75) is 32.4 Å². The summed E-state index contributed by atoms with van der Waals surface area (Å²) in [5.41, 5.74) is -0.0676. The summed E-state index contributed by atoms with van der Waals surface area (Å²) in [6.07, 6.45) is 3.78. The van der Waals surface area contributed by atoms with Crippen molar-refractivity contribution in [2.24, 2.45) is 0 Å². The molecule has 1 fully saturated rings. The molecule has 2 heterocycles. The Balaban J connectivity index is 1.99. The minimum Gasteiger partial charge on any atom is -0.340 e. The maximum absolute atomic E-state index is 12.2. The van der Waals surface area contributed by atoms with E-state index in [1.807, 2.05) is 6.92 Å². The number of carbonyl (C=O) groups excluding carboxylic acids is 3. The maximum Gasteiger partial charge on any atom is 0.325 e. The third-order valence-corrected chi connectivity index (χ3v) is 3.75. The normalized spacial score (nSPS) is 21.6. The fraction of sp³-hybridized carbons (Fsp3) is 0.538. The van der Waals surface area contributed by atoms with Crippen molar-refractivity contribution in [2.75, 3.05) is 13.6 Å². The lowest BCUT2D eigenvalue weighted by Gasteiger charge is -2.21. The lowest BCUT2D eigenvalue weighted by molar-refractivity contribution is -0.138. The van der Waals surface area contributed by atoms with Gasteiger partial charge < -0.3 is 10.2 Å². The first-order valence-electron chi connectivity index (χ1n) is 6.73. The Morgan fingerprint density at radius 1 is 1.48 bits per heavy atom. The standard InChI is InChI=1S/C13H19N5O3/c1-4-13(2)11(20)18(12(21)16-13)8-10(19)17(3)7-9-5-14-15-6-9/h5-6H,4,7-8H2,1-3H3,(H,14,15)(H,16,21). The van der Waals surface area contributed by atoms with Crippen LogP contribution < -0.4 is 5.32 Å². The third-order valence-electron chi connectivity index (χ3n) is 3.75. The van der Waals surface area contributed by atoms with E-state index in [2.05, 4.69) is 15.5 Å². The summed E-state index contributed by atoms with van der Waals surface area (Å²) in [6, 6.07) is -0.519. The second kappa shape index (κ2) is 5.55. The van der Waals surface area contributed by atoms with Gasteiger partial charge in [0.1, 0.15) is 12.1 Å². The monoisotopic (exact) mass is 293 g/mol. The van der Waals surface area contributed by atoms with Crippen molar-refractivity contribution in [3.8, 4) is 0 Å². The summed E-state index contributed by atoms with van der Waals surface area (Å²) >= 11 is 0. The second-order valence-corrected chi connectivity index (χ2v) is 5.36. The van der Waals surface area contributed by atoms with E-state index in [-0.39, 0.29) is 18.4 Å². The summed E-state index contributed by atoms with van der Waals surface area (Å²) in [6.45, 7) is 3.58. The zero-order chi connectivity index (χ0) is 15.6. The molecule has 2 N–H and O–H groups in total. The topological polar surface area (TPSA) is 98.4 Å². The number of likely N-dealkylation sites (N-methyl/N-ethyl adjacent to an activating group) is 1. The van der Waals surface area contributed by atoms with E-state index in [9.17, 15) is 14.4 Å². The Morgan fingerprint density at radius 3 is 2.71 bits per heavy atom. The molecule has 2 rings (SSSR count). The molecule has 0 spiro atoms. The lowest BCUT2D eigenvalue weighted by Crippen LogP contribution is -2.44. The van der Waals surface area contributed by atoms with Gasteiger partial charge in [0.05, 0.1) is 6.20 Å². The number of nitrogens with zero attached hydrogens (tertiary/aromatic N) is 3. The molecule has 1 unspecified atom stereocenters. The number of hydrogen-bond acceptors (Lipinski definition) is 4. The quantitative estimate of drug-likeness (QED) is 0.752. The molecule has 1 aromatic rings. The highest BCUT2D eigenvalue weighted by atomic mass is 16.2. The van der Waals surface area contributed by atoms with Gasteiger partial charge >= 0.3 is 6.03 Å². The van der Waals surface area contributed by atoms with Crippen molar-refractivity contribution >= 4 is 17.8 Å². The van der Waals surface area contributed by atoms with Gasteiger partial charge in [-0.15, -0.1) is 0 Å². The van der Waals surface area contributed by atoms with E-state index >= 15 is 0 Å². The predicted molar refractivity (Wildman–Crippen MR) is 74.0 cm³/mol. The Morgan fingerprint density at radius 2 is 2.19 bits per heavy atom. The first-order chi connectivity index (χ1) is 9.87. The molecule has 1 aliphatic rings. The number of aromatic nitrogens is 2. The highest BCUT2D eigenvalue weighted by molar-refractivity contribution is 6.08. The number of nitrogens with one attached hydrogen (secondary N) is 2. The summed E-state index contributed by atoms with van der Waals surface area (Å²) < 4.78 is 0. The molecule has 8 nitrogen and oxygen atoms in total.